The maximum Gasteiger partial charge on any atom is 2.00 e. The maximum atomic E-state index is 8.25. The first-order chi connectivity index (χ1) is 15.4. The van der Waals surface area contributed by atoms with Crippen LogP contribution in [0.4, 0.5) is 0 Å². The minimum atomic E-state index is -1.75. The zero-order chi connectivity index (χ0) is 23.6. The predicted octanol–water partition coefficient (Wildman–Crippen LogP) is 2.98. The summed E-state index contributed by atoms with van der Waals surface area (Å²) < 4.78 is 0. The van der Waals surface area contributed by atoms with Gasteiger partial charge in [-0.1, -0.05) is 24.3 Å². The van der Waals surface area contributed by atoms with Crippen LogP contribution in [-0.4, -0.2) is 35.6 Å². The Morgan fingerprint density at radius 3 is 0.765 bits per heavy atom. The van der Waals surface area contributed by atoms with E-state index in [1.165, 1.54) is 0 Å². The molecule has 0 bridgehead atoms. The van der Waals surface area contributed by atoms with Gasteiger partial charge in [-0.05, 0) is 48.5 Å². The van der Waals surface area contributed by atoms with Crippen LogP contribution in [0.5, 0.6) is 0 Å². The van der Waals surface area contributed by atoms with Gasteiger partial charge < -0.3 is 36.1 Å². The van der Waals surface area contributed by atoms with Crippen molar-refractivity contribution in [2.75, 3.05) is 0 Å². The van der Waals surface area contributed by atoms with E-state index < -0.39 is 10.2 Å². The molecule has 1 radical (unpaired) electrons. The second-order valence-corrected chi connectivity index (χ2v) is 5.31. The van der Waals surface area contributed by atoms with Crippen LogP contribution >= 0.6 is 0 Å². The summed E-state index contributed by atoms with van der Waals surface area (Å²) in [5, 5.41) is 29.5. The molecule has 0 aliphatic carbocycles. The average Bonchev–Trinajstić information content (AvgIpc) is 2.81. The molecule has 4 aromatic rings. The van der Waals surface area contributed by atoms with Gasteiger partial charge in [0.2, 0.25) is 0 Å². The molecular formula is C20H18CuN6O7. The van der Waals surface area contributed by atoms with Gasteiger partial charge in [0.05, 0.1) is 32.9 Å². The van der Waals surface area contributed by atoms with Gasteiger partial charge in [0, 0.05) is 24.8 Å². The van der Waals surface area contributed by atoms with Gasteiger partial charge in [0.15, 0.2) is 0 Å². The fourth-order valence-corrected chi connectivity index (χ4v) is 2.06. The van der Waals surface area contributed by atoms with Crippen LogP contribution in [0.15, 0.2) is 97.6 Å². The van der Waals surface area contributed by atoms with Gasteiger partial charge in [-0.2, -0.15) is 0 Å². The van der Waals surface area contributed by atoms with Crippen molar-refractivity contribution in [1.82, 2.24) is 19.9 Å². The Balaban J connectivity index is 0. The third-order valence-electron chi connectivity index (χ3n) is 3.18. The van der Waals surface area contributed by atoms with Gasteiger partial charge in [0.1, 0.15) is 0 Å². The number of pyridine rings is 4. The minimum absolute atomic E-state index is 0. The van der Waals surface area contributed by atoms with Crippen molar-refractivity contribution >= 4 is 0 Å². The predicted molar refractivity (Wildman–Crippen MR) is 119 cm³/mol. The van der Waals surface area contributed by atoms with Crippen molar-refractivity contribution in [3.8, 4) is 22.8 Å². The molecule has 2 N–H and O–H groups in total. The first kappa shape index (κ1) is 31.7. The largest absolute Gasteiger partial charge is 2.00 e. The molecule has 0 aliphatic rings. The Morgan fingerprint density at radius 2 is 0.647 bits per heavy atom. The summed E-state index contributed by atoms with van der Waals surface area (Å²) in [6, 6.07) is 23.2. The van der Waals surface area contributed by atoms with E-state index in [0.717, 1.165) is 22.8 Å². The fourth-order valence-electron chi connectivity index (χ4n) is 2.06. The second kappa shape index (κ2) is 19.2. The smallest absolute Gasteiger partial charge is 0.412 e. The van der Waals surface area contributed by atoms with E-state index in [1.807, 2.05) is 72.8 Å². The Morgan fingerprint density at radius 1 is 0.471 bits per heavy atom. The molecule has 0 saturated carbocycles. The molecule has 0 fully saturated rings. The topological polar surface area (TPSA) is 215 Å². The quantitative estimate of drug-likeness (QED) is 0.215. The molecule has 0 amide bonds. The molecule has 0 atom stereocenters. The summed E-state index contributed by atoms with van der Waals surface area (Å²) >= 11 is 0. The molecule has 0 spiro atoms. The van der Waals surface area contributed by atoms with Gasteiger partial charge in [0.25, 0.3) is 0 Å². The van der Waals surface area contributed by atoms with Crippen LogP contribution in [0.25, 0.3) is 22.8 Å². The number of rotatable bonds is 2. The molecule has 14 heteroatoms. The van der Waals surface area contributed by atoms with Crippen LogP contribution in [0.3, 0.4) is 0 Å². The SMILES string of the molecule is O.O=[N+]([O-])[O-].O=[N+]([O-])[O-].[Cu+2].c1ccc(-c2ccccn2)nc1.c1ccc(-c2ccccn2)nc1. The summed E-state index contributed by atoms with van der Waals surface area (Å²) in [4.78, 5) is 33.2. The Bertz CT molecular complexity index is 880. The summed E-state index contributed by atoms with van der Waals surface area (Å²) in [6.45, 7) is 0. The molecule has 0 aliphatic heterocycles. The monoisotopic (exact) mass is 517 g/mol. The molecule has 4 aromatic heterocycles. The molecule has 34 heavy (non-hydrogen) atoms. The van der Waals surface area contributed by atoms with E-state index in [2.05, 4.69) is 19.9 Å². The van der Waals surface area contributed by atoms with E-state index in [4.69, 9.17) is 30.6 Å². The molecular weight excluding hydrogens is 500 g/mol. The van der Waals surface area contributed by atoms with Gasteiger partial charge >= 0.3 is 17.1 Å². The van der Waals surface area contributed by atoms with Crippen LogP contribution in [-0.2, 0) is 17.1 Å². The maximum absolute atomic E-state index is 8.25. The summed E-state index contributed by atoms with van der Waals surface area (Å²) in [5.74, 6) is 0. The van der Waals surface area contributed by atoms with Crippen molar-refractivity contribution < 1.29 is 32.7 Å². The second-order valence-electron chi connectivity index (χ2n) is 5.31. The van der Waals surface area contributed by atoms with Gasteiger partial charge in [-0.25, -0.2) is 0 Å². The summed E-state index contributed by atoms with van der Waals surface area (Å²) in [7, 11) is 0. The zero-order valence-electron chi connectivity index (χ0n) is 17.2. The third kappa shape index (κ3) is 15.3. The number of hydrogen-bond donors (Lipinski definition) is 0. The van der Waals surface area contributed by atoms with Crippen molar-refractivity contribution in [2.24, 2.45) is 0 Å². The molecule has 181 valence electrons. The van der Waals surface area contributed by atoms with Crippen molar-refractivity contribution in [1.29, 1.82) is 0 Å². The van der Waals surface area contributed by atoms with Gasteiger partial charge in [-0.3, -0.25) is 19.9 Å². The molecule has 4 rings (SSSR count). The van der Waals surface area contributed by atoms with Crippen molar-refractivity contribution in [3.63, 3.8) is 0 Å². The van der Waals surface area contributed by atoms with E-state index in [0.29, 0.717) is 0 Å². The molecule has 4 heterocycles. The van der Waals surface area contributed by atoms with E-state index in [-0.39, 0.29) is 22.5 Å². The van der Waals surface area contributed by atoms with Crippen molar-refractivity contribution in [3.05, 3.63) is 128 Å². The van der Waals surface area contributed by atoms with Crippen molar-refractivity contribution in [2.45, 2.75) is 0 Å². The molecule has 0 aromatic carbocycles. The van der Waals surface area contributed by atoms with Crippen LogP contribution in [0.2, 0.25) is 0 Å². The normalized spacial score (nSPS) is 8.24. The first-order valence-corrected chi connectivity index (χ1v) is 8.68. The fraction of sp³-hybridized carbons (Fsp3) is 0. The van der Waals surface area contributed by atoms with Crippen LogP contribution in [0, 0.1) is 30.6 Å². The van der Waals surface area contributed by atoms with Gasteiger partial charge in [-0.15, -0.1) is 0 Å². The average molecular weight is 518 g/mol. The number of nitrogens with zero attached hydrogens (tertiary/aromatic N) is 6. The Labute approximate surface area is 203 Å². The Kier molecular flexibility index (Phi) is 17.9. The molecule has 0 unspecified atom stereocenters. The molecule has 13 nitrogen and oxygen atoms in total. The number of aromatic nitrogens is 4. The standard InChI is InChI=1S/2C10H8N2.Cu.2NO3.H2O/c2*1-3-7-11-9(5-1)10-6-2-4-8-12-10;;2*2-1(3)4;/h2*1-8H;;;;1H2/q;;+2;2*-1;. The summed E-state index contributed by atoms with van der Waals surface area (Å²) in [6.07, 6.45) is 7.07. The van der Waals surface area contributed by atoms with E-state index in [1.54, 1.807) is 24.8 Å². The Hall–Kier alpha value is -4.52. The molecule has 0 saturated heterocycles. The minimum Gasteiger partial charge on any atom is -0.412 e. The summed E-state index contributed by atoms with van der Waals surface area (Å²) in [5.41, 5.74) is 3.66. The third-order valence-corrected chi connectivity index (χ3v) is 3.18. The van der Waals surface area contributed by atoms with E-state index >= 15 is 0 Å². The van der Waals surface area contributed by atoms with E-state index in [9.17, 15) is 0 Å². The zero-order valence-corrected chi connectivity index (χ0v) is 18.1. The first-order valence-electron chi connectivity index (χ1n) is 8.68. The van der Waals surface area contributed by atoms with Crippen LogP contribution in [0.1, 0.15) is 0 Å². The van der Waals surface area contributed by atoms with Crippen LogP contribution < -0.4 is 0 Å². The number of hydrogen-bond acceptors (Lipinski definition) is 10.